The number of aromatic nitrogens is 1. The summed E-state index contributed by atoms with van der Waals surface area (Å²) < 4.78 is 0. The number of likely N-dealkylation sites (N-methyl/N-ethyl adjacent to an activating group) is 1. The monoisotopic (exact) mass is 255 g/mol. The van der Waals surface area contributed by atoms with Crippen molar-refractivity contribution in [1.29, 1.82) is 0 Å². The molecule has 1 heterocycles. The van der Waals surface area contributed by atoms with Gasteiger partial charge < -0.3 is 10.2 Å². The summed E-state index contributed by atoms with van der Waals surface area (Å²) in [6.07, 6.45) is 5.69. The third-order valence-corrected chi connectivity index (χ3v) is 4.14. The van der Waals surface area contributed by atoms with Gasteiger partial charge in [-0.25, -0.2) is 4.98 Å². The Morgan fingerprint density at radius 3 is 2.84 bits per heavy atom. The maximum atomic E-state index is 4.53. The standard InChI is InChI=1S/C16H21N3/c1-19(2)15-9-5-8-14(15)18-16-13-7-4-3-6-12(13)10-11-17-16/h3-4,6-7,10-11,14-15H,5,8-9H2,1-2H3,(H,17,18)/t14-,15-/m1/s1. The van der Waals surface area contributed by atoms with E-state index in [9.17, 15) is 0 Å². The first-order valence-electron chi connectivity index (χ1n) is 7.02. The molecule has 0 saturated heterocycles. The fourth-order valence-corrected chi connectivity index (χ4v) is 3.14. The molecule has 1 aliphatic carbocycles. The van der Waals surface area contributed by atoms with Gasteiger partial charge in [0, 0.05) is 23.7 Å². The molecule has 0 bridgehead atoms. The van der Waals surface area contributed by atoms with Crippen LogP contribution in [0.5, 0.6) is 0 Å². The predicted molar refractivity (Wildman–Crippen MR) is 80.5 cm³/mol. The van der Waals surface area contributed by atoms with Crippen LogP contribution in [0.2, 0.25) is 0 Å². The lowest BCUT2D eigenvalue weighted by molar-refractivity contribution is 0.285. The van der Waals surface area contributed by atoms with Gasteiger partial charge in [0.1, 0.15) is 5.82 Å². The van der Waals surface area contributed by atoms with Crippen LogP contribution in [-0.2, 0) is 0 Å². The SMILES string of the molecule is CN(C)[C@@H]1CCC[C@H]1Nc1nccc2ccccc12. The summed E-state index contributed by atoms with van der Waals surface area (Å²) in [6, 6.07) is 11.6. The largest absolute Gasteiger partial charge is 0.365 e. The first-order chi connectivity index (χ1) is 9.25. The van der Waals surface area contributed by atoms with Crippen LogP contribution >= 0.6 is 0 Å². The van der Waals surface area contributed by atoms with Crippen LogP contribution in [0.1, 0.15) is 19.3 Å². The van der Waals surface area contributed by atoms with Gasteiger partial charge in [-0.1, -0.05) is 24.3 Å². The van der Waals surface area contributed by atoms with Gasteiger partial charge in [-0.3, -0.25) is 0 Å². The molecule has 1 saturated carbocycles. The molecule has 1 aromatic carbocycles. The highest BCUT2D eigenvalue weighted by Gasteiger charge is 2.29. The van der Waals surface area contributed by atoms with Gasteiger partial charge in [-0.2, -0.15) is 0 Å². The Morgan fingerprint density at radius 2 is 2.00 bits per heavy atom. The van der Waals surface area contributed by atoms with Gasteiger partial charge in [-0.05, 0) is 44.8 Å². The van der Waals surface area contributed by atoms with E-state index in [0.29, 0.717) is 12.1 Å². The van der Waals surface area contributed by atoms with Crippen molar-refractivity contribution >= 4 is 16.6 Å². The van der Waals surface area contributed by atoms with Crippen molar-refractivity contribution in [3.63, 3.8) is 0 Å². The minimum absolute atomic E-state index is 0.508. The maximum Gasteiger partial charge on any atom is 0.134 e. The lowest BCUT2D eigenvalue weighted by Gasteiger charge is -2.27. The summed E-state index contributed by atoms with van der Waals surface area (Å²) in [5.41, 5.74) is 0. The predicted octanol–water partition coefficient (Wildman–Crippen LogP) is 3.13. The molecule has 2 atom stereocenters. The highest BCUT2D eigenvalue weighted by atomic mass is 15.2. The second-order valence-electron chi connectivity index (χ2n) is 5.59. The summed E-state index contributed by atoms with van der Waals surface area (Å²) in [5, 5.41) is 6.13. The van der Waals surface area contributed by atoms with E-state index in [4.69, 9.17) is 0 Å². The molecule has 1 aromatic heterocycles. The number of benzene rings is 1. The molecule has 19 heavy (non-hydrogen) atoms. The molecule has 1 aliphatic rings. The summed E-state index contributed by atoms with van der Waals surface area (Å²) in [7, 11) is 4.34. The van der Waals surface area contributed by atoms with E-state index in [1.165, 1.54) is 30.0 Å². The Bertz CT molecular complexity index is 559. The van der Waals surface area contributed by atoms with Gasteiger partial charge >= 0.3 is 0 Å². The molecular formula is C16H21N3. The molecule has 3 nitrogen and oxygen atoms in total. The fraction of sp³-hybridized carbons (Fsp3) is 0.438. The lowest BCUT2D eigenvalue weighted by Crippen LogP contribution is -2.39. The van der Waals surface area contributed by atoms with Crippen LogP contribution in [0.15, 0.2) is 36.5 Å². The van der Waals surface area contributed by atoms with Crippen molar-refractivity contribution in [2.24, 2.45) is 0 Å². The Balaban J connectivity index is 1.89. The first-order valence-corrected chi connectivity index (χ1v) is 7.02. The zero-order valence-corrected chi connectivity index (χ0v) is 11.6. The Morgan fingerprint density at radius 1 is 1.16 bits per heavy atom. The molecule has 3 heteroatoms. The van der Waals surface area contributed by atoms with Crippen LogP contribution in [-0.4, -0.2) is 36.1 Å². The highest BCUT2D eigenvalue weighted by molar-refractivity contribution is 5.91. The van der Waals surface area contributed by atoms with Crippen LogP contribution in [0.3, 0.4) is 0 Å². The van der Waals surface area contributed by atoms with Crippen LogP contribution in [0, 0.1) is 0 Å². The normalized spacial score (nSPS) is 23.1. The second-order valence-corrected chi connectivity index (χ2v) is 5.59. The second kappa shape index (κ2) is 5.17. The number of anilines is 1. The number of fused-ring (bicyclic) bond motifs is 1. The minimum atomic E-state index is 0.508. The van der Waals surface area contributed by atoms with Crippen LogP contribution in [0.25, 0.3) is 10.8 Å². The molecule has 0 aliphatic heterocycles. The van der Waals surface area contributed by atoms with Crippen molar-refractivity contribution < 1.29 is 0 Å². The third kappa shape index (κ3) is 2.43. The first kappa shape index (κ1) is 12.4. The van der Waals surface area contributed by atoms with Crippen molar-refractivity contribution in [1.82, 2.24) is 9.88 Å². The van der Waals surface area contributed by atoms with E-state index in [0.717, 1.165) is 5.82 Å². The van der Waals surface area contributed by atoms with E-state index in [2.05, 4.69) is 59.6 Å². The van der Waals surface area contributed by atoms with Crippen LogP contribution in [0.4, 0.5) is 5.82 Å². The van der Waals surface area contributed by atoms with E-state index >= 15 is 0 Å². The van der Waals surface area contributed by atoms with Crippen molar-refractivity contribution in [3.8, 4) is 0 Å². The zero-order valence-electron chi connectivity index (χ0n) is 11.6. The highest BCUT2D eigenvalue weighted by Crippen LogP contribution is 2.28. The number of nitrogens with zero attached hydrogens (tertiary/aromatic N) is 2. The van der Waals surface area contributed by atoms with E-state index in [1.807, 2.05) is 6.20 Å². The van der Waals surface area contributed by atoms with E-state index in [1.54, 1.807) is 0 Å². The van der Waals surface area contributed by atoms with Gasteiger partial charge in [0.05, 0.1) is 0 Å². The van der Waals surface area contributed by atoms with Crippen molar-refractivity contribution in [2.75, 3.05) is 19.4 Å². The van der Waals surface area contributed by atoms with Gasteiger partial charge in [0.15, 0.2) is 0 Å². The zero-order chi connectivity index (χ0) is 13.2. The maximum absolute atomic E-state index is 4.53. The fourth-order valence-electron chi connectivity index (χ4n) is 3.14. The quantitative estimate of drug-likeness (QED) is 0.913. The van der Waals surface area contributed by atoms with Gasteiger partial charge in [0.2, 0.25) is 0 Å². The number of pyridine rings is 1. The molecule has 0 amide bonds. The van der Waals surface area contributed by atoms with E-state index < -0.39 is 0 Å². The molecule has 1 N–H and O–H groups in total. The van der Waals surface area contributed by atoms with E-state index in [-0.39, 0.29) is 0 Å². The molecule has 3 rings (SSSR count). The van der Waals surface area contributed by atoms with Gasteiger partial charge in [0.25, 0.3) is 0 Å². The molecule has 0 unspecified atom stereocenters. The average molecular weight is 255 g/mol. The summed E-state index contributed by atoms with van der Waals surface area (Å²) >= 11 is 0. The number of nitrogens with one attached hydrogen (secondary N) is 1. The minimum Gasteiger partial charge on any atom is -0.365 e. The number of rotatable bonds is 3. The summed E-state index contributed by atoms with van der Waals surface area (Å²) in [6.45, 7) is 0. The molecule has 2 aromatic rings. The topological polar surface area (TPSA) is 28.2 Å². The van der Waals surface area contributed by atoms with Gasteiger partial charge in [-0.15, -0.1) is 0 Å². The molecule has 100 valence electrons. The third-order valence-electron chi connectivity index (χ3n) is 4.14. The van der Waals surface area contributed by atoms with Crippen molar-refractivity contribution in [2.45, 2.75) is 31.3 Å². The molecule has 0 spiro atoms. The molecular weight excluding hydrogens is 234 g/mol. The number of hydrogen-bond acceptors (Lipinski definition) is 3. The lowest BCUT2D eigenvalue weighted by atomic mass is 10.1. The summed E-state index contributed by atoms with van der Waals surface area (Å²) in [5.74, 6) is 1.02. The number of hydrogen-bond donors (Lipinski definition) is 1. The Kier molecular flexibility index (Phi) is 3.38. The molecule has 1 fully saturated rings. The smallest absolute Gasteiger partial charge is 0.134 e. The Hall–Kier alpha value is -1.61. The summed E-state index contributed by atoms with van der Waals surface area (Å²) in [4.78, 5) is 6.86. The van der Waals surface area contributed by atoms with Crippen molar-refractivity contribution in [3.05, 3.63) is 36.5 Å². The van der Waals surface area contributed by atoms with Crippen LogP contribution < -0.4 is 5.32 Å². The molecule has 0 radical (unpaired) electrons. The average Bonchev–Trinajstić information content (AvgIpc) is 2.87. The Labute approximate surface area is 114 Å².